The van der Waals surface area contributed by atoms with Crippen LogP contribution in [0.1, 0.15) is 122 Å². The maximum atomic E-state index is 13.6. The SMILES string of the molecule is CCCCCCCCCCCCCCCCCCOCCOP(=O)(OCc1ccccc1)[C@@H](O)OC(C)Cn1c(N)ccnc1=O. The zero-order valence-corrected chi connectivity index (χ0v) is 29.3. The molecular weight excluding hydrogens is 605 g/mol. The number of aliphatic hydroxyl groups excluding tert-OH is 1. The van der Waals surface area contributed by atoms with Crippen LogP contribution >= 0.6 is 7.60 Å². The van der Waals surface area contributed by atoms with Gasteiger partial charge in [-0.1, -0.05) is 134 Å². The molecule has 1 heterocycles. The van der Waals surface area contributed by atoms with E-state index in [1.165, 1.54) is 107 Å². The Kier molecular flexibility index (Phi) is 21.8. The van der Waals surface area contributed by atoms with Gasteiger partial charge in [0, 0.05) is 12.8 Å². The minimum absolute atomic E-state index is 0.00330. The van der Waals surface area contributed by atoms with Crippen molar-refractivity contribution < 1.29 is 28.2 Å². The summed E-state index contributed by atoms with van der Waals surface area (Å²) in [5, 5.41) is 10.8. The van der Waals surface area contributed by atoms with Gasteiger partial charge in [-0.05, 0) is 25.0 Å². The first kappa shape index (κ1) is 40.1. The van der Waals surface area contributed by atoms with Crippen molar-refractivity contribution in [1.29, 1.82) is 0 Å². The Bertz CT molecular complexity index is 1130. The fourth-order valence-corrected chi connectivity index (χ4v) is 6.54. The van der Waals surface area contributed by atoms with Gasteiger partial charge in [-0.3, -0.25) is 9.13 Å². The van der Waals surface area contributed by atoms with E-state index in [1.807, 2.05) is 30.3 Å². The minimum atomic E-state index is -4.13. The molecule has 1 aromatic carbocycles. The number of aromatic nitrogens is 2. The number of nitrogen functional groups attached to an aromatic ring is 1. The lowest BCUT2D eigenvalue weighted by Crippen LogP contribution is -2.32. The predicted molar refractivity (Wildman–Crippen MR) is 185 cm³/mol. The Morgan fingerprint density at radius 1 is 0.804 bits per heavy atom. The van der Waals surface area contributed by atoms with Crippen LogP contribution in [0.25, 0.3) is 0 Å². The number of aliphatic hydroxyl groups is 1. The van der Waals surface area contributed by atoms with Crippen molar-refractivity contribution in [2.45, 2.75) is 142 Å². The van der Waals surface area contributed by atoms with Crippen molar-refractivity contribution in [3.63, 3.8) is 0 Å². The van der Waals surface area contributed by atoms with E-state index in [0.29, 0.717) is 6.61 Å². The average molecular weight is 666 g/mol. The lowest BCUT2D eigenvalue weighted by Gasteiger charge is -2.26. The summed E-state index contributed by atoms with van der Waals surface area (Å²) in [6.45, 7) is 4.61. The molecule has 0 aliphatic heterocycles. The highest BCUT2D eigenvalue weighted by Crippen LogP contribution is 2.53. The maximum Gasteiger partial charge on any atom is 0.386 e. The van der Waals surface area contributed by atoms with Crippen molar-refractivity contribution >= 4 is 13.4 Å². The predicted octanol–water partition coefficient (Wildman–Crippen LogP) is 8.21. The molecule has 0 saturated carbocycles. The van der Waals surface area contributed by atoms with E-state index in [1.54, 1.807) is 6.92 Å². The van der Waals surface area contributed by atoms with Crippen LogP contribution in [0.5, 0.6) is 0 Å². The Hall–Kier alpha value is -2.07. The molecule has 0 bridgehead atoms. The Labute approximate surface area is 276 Å². The van der Waals surface area contributed by atoms with Crippen LogP contribution in [0.2, 0.25) is 0 Å². The largest absolute Gasteiger partial charge is 0.386 e. The fourth-order valence-electron chi connectivity index (χ4n) is 5.19. The highest BCUT2D eigenvalue weighted by atomic mass is 31.2. The van der Waals surface area contributed by atoms with Crippen molar-refractivity contribution in [3.8, 4) is 0 Å². The standard InChI is InChI=1S/C35H60N3O7P/c1-3-4-5-6-7-8-9-10-11-12-13-14-15-16-17-21-26-42-27-28-43-46(41,44-30-32-22-19-18-20-23-32)35(40)45-31(2)29-38-33(36)24-25-37-34(38)39/h18-20,22-25,31,35,40H,3-17,21,26-30,36H2,1-2H3/t31?,35-,46?/m0/s1. The summed E-state index contributed by atoms with van der Waals surface area (Å²) in [5.74, 6) is 0.200. The van der Waals surface area contributed by atoms with E-state index in [9.17, 15) is 14.5 Å². The fraction of sp³-hybridized carbons (Fsp3) is 0.714. The van der Waals surface area contributed by atoms with Crippen LogP contribution in [0, 0.1) is 0 Å². The third-order valence-electron chi connectivity index (χ3n) is 7.93. The smallest absolute Gasteiger partial charge is 0.385 e. The third-order valence-corrected chi connectivity index (χ3v) is 9.63. The average Bonchev–Trinajstić information content (AvgIpc) is 3.05. The number of benzene rings is 1. The molecule has 0 radical (unpaired) electrons. The summed E-state index contributed by atoms with van der Waals surface area (Å²) < 4.78 is 37.3. The summed E-state index contributed by atoms with van der Waals surface area (Å²) in [5.41, 5.74) is 6.09. The molecule has 2 aromatic rings. The van der Waals surface area contributed by atoms with E-state index in [0.717, 1.165) is 18.4 Å². The zero-order chi connectivity index (χ0) is 33.3. The maximum absolute atomic E-state index is 13.6. The van der Waals surface area contributed by atoms with E-state index >= 15 is 0 Å². The van der Waals surface area contributed by atoms with Crippen LogP contribution < -0.4 is 11.4 Å². The lowest BCUT2D eigenvalue weighted by molar-refractivity contribution is -0.100. The first-order valence-electron chi connectivity index (χ1n) is 17.5. The normalized spacial score (nSPS) is 14.2. The summed E-state index contributed by atoms with van der Waals surface area (Å²) >= 11 is 0. The molecule has 0 amide bonds. The first-order chi connectivity index (χ1) is 22.4. The van der Waals surface area contributed by atoms with Gasteiger partial charge in [0.2, 0.25) is 0 Å². The molecule has 11 heteroatoms. The van der Waals surface area contributed by atoms with Crippen LogP contribution in [-0.4, -0.2) is 46.6 Å². The number of hydrogen-bond acceptors (Lipinski definition) is 9. The molecular formula is C35H60N3O7P. The van der Waals surface area contributed by atoms with Crippen LogP contribution in [-0.2, 0) is 36.2 Å². The Balaban J connectivity index is 1.60. The second-order valence-electron chi connectivity index (χ2n) is 12.1. The number of nitrogens with zero attached hydrogens (tertiary/aromatic N) is 2. The zero-order valence-electron chi connectivity index (χ0n) is 28.4. The molecule has 3 N–H and O–H groups in total. The Morgan fingerprint density at radius 2 is 1.37 bits per heavy atom. The van der Waals surface area contributed by atoms with Crippen LogP contribution in [0.3, 0.4) is 0 Å². The Morgan fingerprint density at radius 3 is 1.93 bits per heavy atom. The van der Waals surface area contributed by atoms with Crippen molar-refractivity contribution in [3.05, 3.63) is 58.6 Å². The molecule has 0 aliphatic carbocycles. The van der Waals surface area contributed by atoms with Gasteiger partial charge < -0.3 is 29.4 Å². The van der Waals surface area contributed by atoms with E-state index in [-0.39, 0.29) is 32.2 Å². The molecule has 1 aromatic heterocycles. The number of unbranched alkanes of at least 4 members (excludes halogenated alkanes) is 15. The van der Waals surface area contributed by atoms with Gasteiger partial charge in [-0.25, -0.2) is 9.78 Å². The molecule has 0 saturated heterocycles. The van der Waals surface area contributed by atoms with E-state index in [4.69, 9.17) is 24.3 Å². The van der Waals surface area contributed by atoms with Gasteiger partial charge in [0.15, 0.2) is 0 Å². The molecule has 2 rings (SSSR count). The second-order valence-corrected chi connectivity index (χ2v) is 14.1. The summed E-state index contributed by atoms with van der Waals surface area (Å²) in [4.78, 5) is 15.7. The van der Waals surface area contributed by atoms with Crippen molar-refractivity contribution in [2.24, 2.45) is 0 Å². The molecule has 262 valence electrons. The third kappa shape index (κ3) is 17.7. The number of ether oxygens (including phenoxy) is 2. The molecule has 10 nitrogen and oxygen atoms in total. The lowest BCUT2D eigenvalue weighted by atomic mass is 10.0. The van der Waals surface area contributed by atoms with Gasteiger partial charge in [-0.15, -0.1) is 0 Å². The molecule has 0 fully saturated rings. The van der Waals surface area contributed by atoms with Crippen molar-refractivity contribution in [2.75, 3.05) is 25.6 Å². The molecule has 46 heavy (non-hydrogen) atoms. The van der Waals surface area contributed by atoms with E-state index < -0.39 is 25.4 Å². The second kappa shape index (κ2) is 25.0. The van der Waals surface area contributed by atoms with Gasteiger partial charge in [0.05, 0.1) is 32.5 Å². The van der Waals surface area contributed by atoms with Gasteiger partial charge in [0.1, 0.15) is 5.82 Å². The summed E-state index contributed by atoms with van der Waals surface area (Å²) in [7, 11) is -4.13. The van der Waals surface area contributed by atoms with E-state index in [2.05, 4.69) is 11.9 Å². The number of rotatable bonds is 29. The summed E-state index contributed by atoms with van der Waals surface area (Å²) in [6.07, 6.45) is 21.6. The first-order valence-corrected chi connectivity index (χ1v) is 19.1. The molecule has 2 unspecified atom stereocenters. The van der Waals surface area contributed by atoms with Crippen LogP contribution in [0.4, 0.5) is 5.82 Å². The number of anilines is 1. The number of hydrogen-bond donors (Lipinski definition) is 2. The van der Waals surface area contributed by atoms with Crippen molar-refractivity contribution in [1.82, 2.24) is 9.55 Å². The highest BCUT2D eigenvalue weighted by molar-refractivity contribution is 7.54. The molecule has 0 spiro atoms. The van der Waals surface area contributed by atoms with Gasteiger partial charge in [-0.2, -0.15) is 0 Å². The van der Waals surface area contributed by atoms with Crippen LogP contribution in [0.15, 0.2) is 47.4 Å². The van der Waals surface area contributed by atoms with Gasteiger partial charge in [0.25, 0.3) is 6.03 Å². The molecule has 3 atom stereocenters. The molecule has 0 aliphatic rings. The monoisotopic (exact) mass is 665 g/mol. The summed E-state index contributed by atoms with van der Waals surface area (Å²) in [6, 6.07) is 8.78. The topological polar surface area (TPSA) is 135 Å². The number of nitrogens with two attached hydrogens (primary N) is 1. The quantitative estimate of drug-likeness (QED) is 0.0501. The minimum Gasteiger partial charge on any atom is -0.385 e. The van der Waals surface area contributed by atoms with Gasteiger partial charge >= 0.3 is 13.3 Å². The highest BCUT2D eigenvalue weighted by Gasteiger charge is 2.37.